The van der Waals surface area contributed by atoms with Crippen molar-refractivity contribution in [3.05, 3.63) is 36.5 Å². The summed E-state index contributed by atoms with van der Waals surface area (Å²) in [4.78, 5) is 11.5. The summed E-state index contributed by atoms with van der Waals surface area (Å²) in [7, 11) is 0. The summed E-state index contributed by atoms with van der Waals surface area (Å²) in [6, 6.07) is -0.132. The second-order valence-corrected chi connectivity index (χ2v) is 6.25. The number of carbonyl (C=O) groups excluding carboxylic acids is 1. The molecule has 2 N–H and O–H groups in total. The zero-order valence-corrected chi connectivity index (χ0v) is 15.7. The largest absolute Gasteiger partial charge is 0.394 e. The van der Waals surface area contributed by atoms with Gasteiger partial charge in [-0.2, -0.15) is 0 Å². The molecule has 0 aromatic heterocycles. The Hall–Kier alpha value is -1.35. The highest BCUT2D eigenvalue weighted by Gasteiger charge is 2.04. The average Bonchev–Trinajstić information content (AvgIpc) is 2.58. The molecule has 0 fully saturated rings. The van der Waals surface area contributed by atoms with Gasteiger partial charge in [0.05, 0.1) is 6.61 Å². The van der Waals surface area contributed by atoms with E-state index in [2.05, 4.69) is 48.7 Å². The smallest absolute Gasteiger partial charge is 0.220 e. The monoisotopic (exact) mass is 335 g/mol. The first-order valence-corrected chi connectivity index (χ1v) is 9.55. The van der Waals surface area contributed by atoms with Crippen LogP contribution in [-0.4, -0.2) is 23.7 Å². The number of amides is 1. The van der Waals surface area contributed by atoms with Gasteiger partial charge in [-0.05, 0) is 45.4 Å². The molecule has 0 radical (unpaired) electrons. The Morgan fingerprint density at radius 2 is 1.50 bits per heavy atom. The number of aliphatic hydroxyl groups is 1. The van der Waals surface area contributed by atoms with Crippen molar-refractivity contribution in [2.45, 2.75) is 84.1 Å². The summed E-state index contributed by atoms with van der Waals surface area (Å²) < 4.78 is 0. The van der Waals surface area contributed by atoms with Crippen LogP contribution >= 0.6 is 0 Å². The Bertz CT molecular complexity index is 372. The van der Waals surface area contributed by atoms with E-state index in [1.165, 1.54) is 19.3 Å². The fraction of sp³-hybridized carbons (Fsp3) is 0.667. The van der Waals surface area contributed by atoms with E-state index in [4.69, 9.17) is 5.11 Å². The summed E-state index contributed by atoms with van der Waals surface area (Å²) in [6.45, 7) is 3.97. The number of nitrogens with one attached hydrogen (secondary N) is 1. The van der Waals surface area contributed by atoms with Crippen molar-refractivity contribution < 1.29 is 9.90 Å². The van der Waals surface area contributed by atoms with Crippen LogP contribution in [0.3, 0.4) is 0 Å². The van der Waals surface area contributed by atoms with Crippen molar-refractivity contribution in [2.75, 3.05) is 6.61 Å². The van der Waals surface area contributed by atoms with E-state index in [0.717, 1.165) is 38.5 Å². The Kier molecular flexibility index (Phi) is 17.0. The lowest BCUT2D eigenvalue weighted by Crippen LogP contribution is -2.34. The topological polar surface area (TPSA) is 49.3 Å². The number of aliphatic hydroxyl groups excluding tert-OH is 1. The molecule has 0 saturated heterocycles. The van der Waals surface area contributed by atoms with E-state index < -0.39 is 0 Å². The molecule has 24 heavy (non-hydrogen) atoms. The summed E-state index contributed by atoms with van der Waals surface area (Å²) in [5.41, 5.74) is 0. The highest BCUT2D eigenvalue weighted by Crippen LogP contribution is 2.08. The van der Waals surface area contributed by atoms with Crippen molar-refractivity contribution in [2.24, 2.45) is 0 Å². The zero-order chi connectivity index (χ0) is 17.9. The van der Waals surface area contributed by atoms with Crippen LogP contribution in [0.1, 0.15) is 78.1 Å². The van der Waals surface area contributed by atoms with E-state index >= 15 is 0 Å². The fourth-order valence-corrected chi connectivity index (χ4v) is 2.30. The van der Waals surface area contributed by atoms with Gasteiger partial charge in [0.15, 0.2) is 0 Å². The summed E-state index contributed by atoms with van der Waals surface area (Å²) in [6.07, 6.45) is 24.0. The average molecular weight is 336 g/mol. The van der Waals surface area contributed by atoms with Gasteiger partial charge in [0.25, 0.3) is 0 Å². The first kappa shape index (κ1) is 22.6. The van der Waals surface area contributed by atoms with Crippen LogP contribution in [0.25, 0.3) is 0 Å². The van der Waals surface area contributed by atoms with Crippen LogP contribution in [0.15, 0.2) is 36.5 Å². The minimum absolute atomic E-state index is 0.00492. The molecule has 0 saturated carbocycles. The van der Waals surface area contributed by atoms with Gasteiger partial charge in [-0.25, -0.2) is 0 Å². The van der Waals surface area contributed by atoms with Crippen molar-refractivity contribution in [1.29, 1.82) is 0 Å². The molecule has 3 heteroatoms. The molecule has 0 aliphatic rings. The van der Waals surface area contributed by atoms with Gasteiger partial charge in [-0.3, -0.25) is 4.79 Å². The fourth-order valence-electron chi connectivity index (χ4n) is 2.30. The Balaban J connectivity index is 3.34. The minimum atomic E-state index is -0.132. The first-order valence-electron chi connectivity index (χ1n) is 9.55. The molecule has 0 aliphatic heterocycles. The van der Waals surface area contributed by atoms with E-state index in [1.807, 2.05) is 6.92 Å². The van der Waals surface area contributed by atoms with E-state index in [-0.39, 0.29) is 18.6 Å². The lowest BCUT2D eigenvalue weighted by Gasteiger charge is -2.10. The summed E-state index contributed by atoms with van der Waals surface area (Å²) >= 11 is 0. The summed E-state index contributed by atoms with van der Waals surface area (Å²) in [5, 5.41) is 11.6. The number of hydrogen-bond donors (Lipinski definition) is 2. The molecule has 138 valence electrons. The lowest BCUT2D eigenvalue weighted by molar-refractivity contribution is -0.122. The molecule has 0 bridgehead atoms. The van der Waals surface area contributed by atoms with E-state index in [0.29, 0.717) is 6.42 Å². The number of unbranched alkanes of at least 4 members (excludes halogenated alkanes) is 5. The van der Waals surface area contributed by atoms with Gasteiger partial charge in [0.1, 0.15) is 0 Å². The predicted octanol–water partition coefficient (Wildman–Crippen LogP) is 5.07. The molecule has 1 amide bonds. The van der Waals surface area contributed by atoms with E-state index in [1.54, 1.807) is 0 Å². The molecule has 0 aromatic rings. The zero-order valence-electron chi connectivity index (χ0n) is 15.7. The first-order chi connectivity index (χ1) is 11.7. The van der Waals surface area contributed by atoms with Crippen molar-refractivity contribution >= 4 is 5.91 Å². The molecule has 0 aliphatic carbocycles. The standard InChI is InChI=1S/C21H37NO2/c1-3-4-5-6-7-8-9-10-11-12-13-14-15-16-17-18-21(24)22-20(2)19-23/h4-5,7-8,10-11,20,23H,3,6,9,12-19H2,1-2H3,(H,22,24)/b5-4-,8-7-,11-10-/t20-/m1/s1. The summed E-state index contributed by atoms with van der Waals surface area (Å²) in [5.74, 6) is 0.0534. The van der Waals surface area contributed by atoms with Crippen LogP contribution < -0.4 is 5.32 Å². The van der Waals surface area contributed by atoms with Crippen LogP contribution in [-0.2, 0) is 4.79 Å². The van der Waals surface area contributed by atoms with Crippen LogP contribution in [0, 0.1) is 0 Å². The molecule has 0 heterocycles. The molecule has 0 spiro atoms. The second-order valence-electron chi connectivity index (χ2n) is 6.25. The third-order valence-electron chi connectivity index (χ3n) is 3.74. The van der Waals surface area contributed by atoms with Crippen molar-refractivity contribution in [3.63, 3.8) is 0 Å². The maximum Gasteiger partial charge on any atom is 0.220 e. The van der Waals surface area contributed by atoms with Crippen LogP contribution in [0.5, 0.6) is 0 Å². The van der Waals surface area contributed by atoms with Crippen molar-refractivity contribution in [1.82, 2.24) is 5.32 Å². The molecular formula is C21H37NO2. The molecule has 0 rings (SSSR count). The predicted molar refractivity (Wildman–Crippen MR) is 104 cm³/mol. The Labute approximate surface area is 148 Å². The number of rotatable bonds is 15. The number of carbonyl (C=O) groups is 1. The van der Waals surface area contributed by atoms with Crippen molar-refractivity contribution in [3.8, 4) is 0 Å². The van der Waals surface area contributed by atoms with Gasteiger partial charge < -0.3 is 10.4 Å². The lowest BCUT2D eigenvalue weighted by atomic mass is 10.1. The molecule has 0 unspecified atom stereocenters. The molecule has 1 atom stereocenters. The van der Waals surface area contributed by atoms with Gasteiger partial charge in [-0.1, -0.05) is 62.6 Å². The third-order valence-corrected chi connectivity index (χ3v) is 3.74. The Morgan fingerprint density at radius 1 is 0.917 bits per heavy atom. The van der Waals surface area contributed by atoms with Gasteiger partial charge in [0.2, 0.25) is 5.91 Å². The number of allylic oxidation sites excluding steroid dienone is 6. The molecular weight excluding hydrogens is 298 g/mol. The normalized spacial score (nSPS) is 13.3. The third kappa shape index (κ3) is 17.0. The maximum atomic E-state index is 11.5. The highest BCUT2D eigenvalue weighted by molar-refractivity contribution is 5.76. The van der Waals surface area contributed by atoms with Gasteiger partial charge >= 0.3 is 0 Å². The number of hydrogen-bond acceptors (Lipinski definition) is 2. The van der Waals surface area contributed by atoms with Gasteiger partial charge in [0, 0.05) is 12.5 Å². The molecule has 3 nitrogen and oxygen atoms in total. The van der Waals surface area contributed by atoms with Crippen LogP contribution in [0.2, 0.25) is 0 Å². The van der Waals surface area contributed by atoms with Crippen LogP contribution in [0.4, 0.5) is 0 Å². The Morgan fingerprint density at radius 3 is 2.17 bits per heavy atom. The molecule has 0 aromatic carbocycles. The van der Waals surface area contributed by atoms with E-state index in [9.17, 15) is 4.79 Å². The quantitative estimate of drug-likeness (QED) is 0.324. The van der Waals surface area contributed by atoms with Gasteiger partial charge in [-0.15, -0.1) is 0 Å². The second kappa shape index (κ2) is 18.0. The minimum Gasteiger partial charge on any atom is -0.394 e. The highest BCUT2D eigenvalue weighted by atomic mass is 16.3. The maximum absolute atomic E-state index is 11.5. The SMILES string of the molecule is CC/C=C\C/C=C\C/C=C\CCCCCCCC(=O)N[C@H](C)CO.